The Hall–Kier alpha value is -2.24. The predicted molar refractivity (Wildman–Crippen MR) is 95.5 cm³/mol. The van der Waals surface area contributed by atoms with Crippen molar-refractivity contribution in [2.45, 2.75) is 0 Å². The van der Waals surface area contributed by atoms with Crippen LogP contribution in [-0.2, 0) is 0 Å². The van der Waals surface area contributed by atoms with Crippen LogP contribution in [0.5, 0.6) is 5.75 Å². The molecule has 0 aliphatic carbocycles. The number of halogens is 2. The van der Waals surface area contributed by atoms with Crippen molar-refractivity contribution < 1.29 is 14.3 Å². The van der Waals surface area contributed by atoms with Crippen molar-refractivity contribution in [3.63, 3.8) is 0 Å². The van der Waals surface area contributed by atoms with Crippen LogP contribution in [0, 0.1) is 0 Å². The lowest BCUT2D eigenvalue weighted by molar-refractivity contribution is 0.0956. The van der Waals surface area contributed by atoms with E-state index >= 15 is 0 Å². The number of hydrogen-bond acceptors (Lipinski definition) is 3. The molecule has 7 heteroatoms. The second-order valence-corrected chi connectivity index (χ2v) is 5.64. The Morgan fingerprint density at radius 3 is 2.42 bits per heavy atom. The Kier molecular flexibility index (Phi) is 6.46. The van der Waals surface area contributed by atoms with Crippen molar-refractivity contribution in [2.75, 3.05) is 24.9 Å². The van der Waals surface area contributed by atoms with E-state index in [0.717, 1.165) is 0 Å². The third-order valence-corrected chi connectivity index (χ3v) is 3.63. The number of ether oxygens (including phenoxy) is 1. The molecule has 0 aliphatic heterocycles. The van der Waals surface area contributed by atoms with E-state index in [4.69, 9.17) is 27.9 Å². The quantitative estimate of drug-likeness (QED) is 0.767. The van der Waals surface area contributed by atoms with Gasteiger partial charge in [0.05, 0.1) is 12.7 Å². The van der Waals surface area contributed by atoms with E-state index in [1.54, 1.807) is 36.4 Å². The summed E-state index contributed by atoms with van der Waals surface area (Å²) in [5.41, 5.74) is 1.19. The molecule has 0 atom stereocenters. The van der Waals surface area contributed by atoms with Crippen LogP contribution in [0.1, 0.15) is 20.7 Å². The number of methoxy groups -OCH3 is 1. The average Bonchev–Trinajstić information content (AvgIpc) is 2.61. The van der Waals surface area contributed by atoms with Gasteiger partial charge in [0.25, 0.3) is 11.8 Å². The maximum atomic E-state index is 12.5. The van der Waals surface area contributed by atoms with Crippen LogP contribution in [0.3, 0.4) is 0 Å². The number of alkyl halides is 1. The minimum atomic E-state index is -0.388. The van der Waals surface area contributed by atoms with E-state index in [2.05, 4.69) is 10.6 Å². The molecule has 0 radical (unpaired) electrons. The van der Waals surface area contributed by atoms with Crippen molar-refractivity contribution in [1.82, 2.24) is 5.32 Å². The molecule has 2 N–H and O–H groups in total. The number of anilines is 1. The van der Waals surface area contributed by atoms with Crippen LogP contribution < -0.4 is 15.4 Å². The van der Waals surface area contributed by atoms with Gasteiger partial charge in [0.1, 0.15) is 5.75 Å². The normalized spacial score (nSPS) is 10.1. The van der Waals surface area contributed by atoms with Gasteiger partial charge < -0.3 is 15.4 Å². The number of rotatable bonds is 6. The van der Waals surface area contributed by atoms with Gasteiger partial charge in [-0.15, -0.1) is 11.6 Å². The fourth-order valence-corrected chi connectivity index (χ4v) is 2.24. The monoisotopic (exact) mass is 366 g/mol. The first-order valence-electron chi connectivity index (χ1n) is 7.14. The van der Waals surface area contributed by atoms with Crippen molar-refractivity contribution >= 4 is 40.7 Å². The Morgan fingerprint density at radius 2 is 1.79 bits per heavy atom. The van der Waals surface area contributed by atoms with Gasteiger partial charge in [-0.2, -0.15) is 0 Å². The lowest BCUT2D eigenvalue weighted by Gasteiger charge is -2.11. The molecule has 0 saturated heterocycles. The van der Waals surface area contributed by atoms with E-state index in [1.807, 2.05) is 0 Å². The molecule has 0 unspecified atom stereocenters. The molecule has 126 valence electrons. The number of benzene rings is 2. The molecular weight excluding hydrogens is 351 g/mol. The summed E-state index contributed by atoms with van der Waals surface area (Å²) in [6.07, 6.45) is 0. The molecule has 0 aliphatic rings. The maximum absolute atomic E-state index is 12.5. The first-order chi connectivity index (χ1) is 11.5. The molecule has 0 bridgehead atoms. The highest BCUT2D eigenvalue weighted by molar-refractivity contribution is 6.30. The Morgan fingerprint density at radius 1 is 1.08 bits per heavy atom. The predicted octanol–water partition coefficient (Wildman–Crippen LogP) is 3.57. The topological polar surface area (TPSA) is 67.4 Å². The zero-order valence-electron chi connectivity index (χ0n) is 12.9. The van der Waals surface area contributed by atoms with E-state index < -0.39 is 0 Å². The fraction of sp³-hybridized carbons (Fsp3) is 0.176. The van der Waals surface area contributed by atoms with E-state index in [9.17, 15) is 9.59 Å². The summed E-state index contributed by atoms with van der Waals surface area (Å²) in [5.74, 6) is -0.0124. The van der Waals surface area contributed by atoms with Crippen LogP contribution in [0.2, 0.25) is 5.02 Å². The zero-order chi connectivity index (χ0) is 17.5. The van der Waals surface area contributed by atoms with Gasteiger partial charge in [0.15, 0.2) is 0 Å². The average molecular weight is 367 g/mol. The smallest absolute Gasteiger partial charge is 0.259 e. The van der Waals surface area contributed by atoms with E-state index in [1.165, 1.54) is 13.2 Å². The number of carbonyl (C=O) groups is 2. The summed E-state index contributed by atoms with van der Waals surface area (Å²) in [4.78, 5) is 24.5. The number of amides is 2. The summed E-state index contributed by atoms with van der Waals surface area (Å²) in [6, 6.07) is 11.4. The maximum Gasteiger partial charge on any atom is 0.259 e. The highest BCUT2D eigenvalue weighted by Crippen LogP contribution is 2.22. The Balaban J connectivity index is 2.24. The lowest BCUT2D eigenvalue weighted by Crippen LogP contribution is -2.25. The molecule has 2 aromatic rings. The SMILES string of the molecule is COc1ccc(C(=O)NCCCl)cc1C(=O)Nc1ccc(Cl)cc1. The van der Waals surface area contributed by atoms with Crippen molar-refractivity contribution in [2.24, 2.45) is 0 Å². The van der Waals surface area contributed by atoms with Crippen LogP contribution in [-0.4, -0.2) is 31.3 Å². The third kappa shape index (κ3) is 4.63. The molecule has 0 fully saturated rings. The van der Waals surface area contributed by atoms with Gasteiger partial charge in [-0.25, -0.2) is 0 Å². The Bertz CT molecular complexity index is 733. The summed E-state index contributed by atoms with van der Waals surface area (Å²) in [7, 11) is 1.46. The number of nitrogens with one attached hydrogen (secondary N) is 2. The van der Waals surface area contributed by atoms with Gasteiger partial charge in [0, 0.05) is 28.7 Å². The molecule has 2 rings (SSSR count). The van der Waals surface area contributed by atoms with Crippen LogP contribution in [0.4, 0.5) is 5.69 Å². The lowest BCUT2D eigenvalue weighted by atomic mass is 10.1. The van der Waals surface area contributed by atoms with Gasteiger partial charge in [-0.05, 0) is 42.5 Å². The first-order valence-corrected chi connectivity index (χ1v) is 8.05. The molecule has 0 saturated carbocycles. The van der Waals surface area contributed by atoms with Crippen LogP contribution in [0.15, 0.2) is 42.5 Å². The van der Waals surface area contributed by atoms with Crippen molar-refractivity contribution in [1.29, 1.82) is 0 Å². The van der Waals surface area contributed by atoms with Gasteiger partial charge in [-0.3, -0.25) is 9.59 Å². The molecule has 0 spiro atoms. The molecule has 2 aromatic carbocycles. The molecule has 0 heterocycles. The molecule has 24 heavy (non-hydrogen) atoms. The molecular formula is C17H16Cl2N2O3. The summed E-state index contributed by atoms with van der Waals surface area (Å²) in [6.45, 7) is 0.346. The second-order valence-electron chi connectivity index (χ2n) is 4.82. The molecule has 2 amide bonds. The summed E-state index contributed by atoms with van der Waals surface area (Å²) < 4.78 is 5.20. The van der Waals surface area contributed by atoms with Crippen LogP contribution in [0.25, 0.3) is 0 Å². The van der Waals surface area contributed by atoms with E-state index in [-0.39, 0.29) is 17.4 Å². The first kappa shape index (κ1) is 18.1. The summed E-state index contributed by atoms with van der Waals surface area (Å²) in [5, 5.41) is 5.96. The van der Waals surface area contributed by atoms with Gasteiger partial charge >= 0.3 is 0 Å². The number of carbonyl (C=O) groups excluding carboxylic acids is 2. The zero-order valence-corrected chi connectivity index (χ0v) is 14.4. The third-order valence-electron chi connectivity index (χ3n) is 3.19. The fourth-order valence-electron chi connectivity index (χ4n) is 2.02. The van der Waals surface area contributed by atoms with Crippen molar-refractivity contribution in [3.8, 4) is 5.75 Å². The standard InChI is InChI=1S/C17H16Cl2N2O3/c1-24-15-7-2-11(16(22)20-9-8-18)10-14(15)17(23)21-13-5-3-12(19)4-6-13/h2-7,10H,8-9H2,1H3,(H,20,22)(H,21,23). The highest BCUT2D eigenvalue weighted by atomic mass is 35.5. The van der Waals surface area contributed by atoms with Crippen molar-refractivity contribution in [3.05, 3.63) is 58.6 Å². The largest absolute Gasteiger partial charge is 0.496 e. The highest BCUT2D eigenvalue weighted by Gasteiger charge is 2.16. The summed E-state index contributed by atoms with van der Waals surface area (Å²) >= 11 is 11.4. The van der Waals surface area contributed by atoms with Gasteiger partial charge in [0.2, 0.25) is 0 Å². The van der Waals surface area contributed by atoms with Crippen LogP contribution >= 0.6 is 23.2 Å². The number of hydrogen-bond donors (Lipinski definition) is 2. The second kappa shape index (κ2) is 8.57. The molecule has 0 aromatic heterocycles. The minimum Gasteiger partial charge on any atom is -0.496 e. The molecule has 5 nitrogen and oxygen atoms in total. The van der Waals surface area contributed by atoms with Gasteiger partial charge in [-0.1, -0.05) is 11.6 Å². The van der Waals surface area contributed by atoms with E-state index in [0.29, 0.717) is 34.4 Å². The Labute approximate surface area is 149 Å². The minimum absolute atomic E-state index is 0.256.